The quantitative estimate of drug-likeness (QED) is 0.644. The van der Waals surface area contributed by atoms with Gasteiger partial charge in [0.1, 0.15) is 0 Å². The number of benzene rings is 1. The molecule has 2 N–H and O–H groups in total. The molecule has 0 radical (unpaired) electrons. The molecule has 3 nitrogen and oxygen atoms in total. The molecule has 0 amide bonds. The summed E-state index contributed by atoms with van der Waals surface area (Å²) in [6, 6.07) is 2.52. The van der Waals surface area contributed by atoms with E-state index in [1.54, 1.807) is 6.92 Å². The molecule has 1 aliphatic carbocycles. The highest BCUT2D eigenvalue weighted by atomic mass is 19.2. The number of aliphatic carboxylic acids is 1. The number of carboxylic acids is 1. The van der Waals surface area contributed by atoms with Crippen LogP contribution in [0.3, 0.4) is 0 Å². The molecule has 142 valence electrons. The van der Waals surface area contributed by atoms with E-state index in [0.717, 1.165) is 37.7 Å². The zero-order valence-electron chi connectivity index (χ0n) is 15.2. The van der Waals surface area contributed by atoms with E-state index in [-0.39, 0.29) is 11.5 Å². The van der Waals surface area contributed by atoms with E-state index in [1.807, 2.05) is 0 Å². The van der Waals surface area contributed by atoms with Gasteiger partial charge in [0.2, 0.25) is 5.82 Å². The van der Waals surface area contributed by atoms with Crippen LogP contribution < -0.4 is 0 Å². The monoisotopic (exact) mass is 356 g/mol. The molecular formula is C20H30F2O3. The van der Waals surface area contributed by atoms with Gasteiger partial charge in [0.05, 0.1) is 5.92 Å². The number of phenols is 1. The van der Waals surface area contributed by atoms with Crippen molar-refractivity contribution in [2.75, 3.05) is 0 Å². The number of hydrogen-bond donors (Lipinski definition) is 2. The first-order valence-electron chi connectivity index (χ1n) is 9.29. The van der Waals surface area contributed by atoms with E-state index in [0.29, 0.717) is 6.42 Å². The third-order valence-corrected chi connectivity index (χ3v) is 4.93. The zero-order chi connectivity index (χ0) is 18.8. The van der Waals surface area contributed by atoms with Crippen molar-refractivity contribution in [3.8, 4) is 5.75 Å². The van der Waals surface area contributed by atoms with E-state index >= 15 is 0 Å². The molecular weight excluding hydrogens is 326 g/mol. The predicted octanol–water partition coefficient (Wildman–Crippen LogP) is 5.69. The maximum Gasteiger partial charge on any atom is 0.306 e. The Morgan fingerprint density at radius 1 is 1.08 bits per heavy atom. The molecule has 0 bridgehead atoms. The predicted molar refractivity (Wildman–Crippen MR) is 94.6 cm³/mol. The molecule has 1 aromatic rings. The lowest BCUT2D eigenvalue weighted by atomic mass is 9.80. The molecule has 1 fully saturated rings. The van der Waals surface area contributed by atoms with Crippen LogP contribution in [0.4, 0.5) is 8.78 Å². The summed E-state index contributed by atoms with van der Waals surface area (Å²) in [7, 11) is 0. The fraction of sp³-hybridized carbons (Fsp3) is 0.650. The maximum absolute atomic E-state index is 12.7. The number of unbranched alkanes of at least 4 members (excludes halogenated alkanes) is 2. The highest BCUT2D eigenvalue weighted by Crippen LogP contribution is 2.32. The summed E-state index contributed by atoms with van der Waals surface area (Å²) >= 11 is 0. The van der Waals surface area contributed by atoms with Gasteiger partial charge in [-0.15, -0.1) is 0 Å². The molecule has 0 aliphatic heterocycles. The molecule has 0 aromatic heterocycles. The van der Waals surface area contributed by atoms with Gasteiger partial charge in [-0.1, -0.05) is 45.6 Å². The maximum atomic E-state index is 12.7. The van der Waals surface area contributed by atoms with Gasteiger partial charge in [0, 0.05) is 0 Å². The van der Waals surface area contributed by atoms with Gasteiger partial charge < -0.3 is 10.2 Å². The molecule has 0 saturated heterocycles. The van der Waals surface area contributed by atoms with Crippen LogP contribution in [0, 0.1) is 23.5 Å². The van der Waals surface area contributed by atoms with Crippen LogP contribution in [0.15, 0.2) is 12.1 Å². The van der Waals surface area contributed by atoms with Gasteiger partial charge in [0.15, 0.2) is 11.6 Å². The van der Waals surface area contributed by atoms with Crippen molar-refractivity contribution >= 4 is 5.97 Å². The Kier molecular flexibility index (Phi) is 9.46. The molecule has 0 atom stereocenters. The fourth-order valence-corrected chi connectivity index (χ4v) is 3.23. The van der Waals surface area contributed by atoms with Crippen molar-refractivity contribution in [2.24, 2.45) is 11.8 Å². The number of carbonyl (C=O) groups is 1. The van der Waals surface area contributed by atoms with Crippen molar-refractivity contribution in [1.82, 2.24) is 0 Å². The minimum atomic E-state index is -1.16. The summed E-state index contributed by atoms with van der Waals surface area (Å²) < 4.78 is 25.3. The molecule has 0 spiro atoms. The third-order valence-electron chi connectivity index (χ3n) is 4.93. The van der Waals surface area contributed by atoms with Gasteiger partial charge in [0.25, 0.3) is 0 Å². The van der Waals surface area contributed by atoms with Crippen LogP contribution in [0.2, 0.25) is 0 Å². The Balaban J connectivity index is 0.000000257. The zero-order valence-corrected chi connectivity index (χ0v) is 15.2. The molecule has 25 heavy (non-hydrogen) atoms. The molecule has 1 aromatic carbocycles. The minimum Gasteiger partial charge on any atom is -0.505 e. The van der Waals surface area contributed by atoms with Crippen LogP contribution in [0.25, 0.3) is 0 Å². The average Bonchev–Trinajstić information content (AvgIpc) is 2.61. The molecule has 2 rings (SSSR count). The Bertz CT molecular complexity index is 538. The van der Waals surface area contributed by atoms with Gasteiger partial charge in [-0.2, -0.15) is 4.39 Å². The third kappa shape index (κ3) is 7.00. The lowest BCUT2D eigenvalue weighted by Crippen LogP contribution is -2.21. The van der Waals surface area contributed by atoms with Gasteiger partial charge in [-0.25, -0.2) is 4.39 Å². The Morgan fingerprint density at radius 2 is 1.72 bits per heavy atom. The average molecular weight is 356 g/mol. The van der Waals surface area contributed by atoms with E-state index in [4.69, 9.17) is 10.2 Å². The van der Waals surface area contributed by atoms with Crippen LogP contribution >= 0.6 is 0 Å². The topological polar surface area (TPSA) is 57.5 Å². The van der Waals surface area contributed by atoms with Gasteiger partial charge in [-0.3, -0.25) is 4.79 Å². The van der Waals surface area contributed by atoms with E-state index in [2.05, 4.69) is 6.92 Å². The van der Waals surface area contributed by atoms with Crippen molar-refractivity contribution in [3.05, 3.63) is 29.3 Å². The first kappa shape index (κ1) is 21.4. The minimum absolute atomic E-state index is 0.0441. The summed E-state index contributed by atoms with van der Waals surface area (Å²) in [5.74, 6) is -2.57. The number of aromatic hydroxyl groups is 1. The number of aryl methyl sites for hydroxylation is 1. The standard InChI is InChI=1S/C12H22O2.C8H8F2O/c1-2-3-4-5-10-6-8-11(9-7-10)12(13)14;1-2-5-3-4-6(11)8(10)7(5)9/h10-11H,2-9H2,1H3,(H,13,14);3-4,11H,2H2,1H3/t10-,11-;. The van der Waals surface area contributed by atoms with Crippen molar-refractivity contribution in [1.29, 1.82) is 0 Å². The fourth-order valence-electron chi connectivity index (χ4n) is 3.23. The number of hydrogen-bond acceptors (Lipinski definition) is 2. The first-order chi connectivity index (χ1) is 11.9. The second-order valence-electron chi connectivity index (χ2n) is 6.78. The van der Waals surface area contributed by atoms with E-state index in [9.17, 15) is 13.6 Å². The lowest BCUT2D eigenvalue weighted by Gasteiger charge is -2.25. The highest BCUT2D eigenvalue weighted by molar-refractivity contribution is 5.69. The summed E-state index contributed by atoms with van der Waals surface area (Å²) in [5.41, 5.74) is 0.278. The second-order valence-corrected chi connectivity index (χ2v) is 6.78. The van der Waals surface area contributed by atoms with Crippen LogP contribution in [0.1, 0.15) is 70.8 Å². The van der Waals surface area contributed by atoms with Crippen LogP contribution in [-0.4, -0.2) is 16.2 Å². The second kappa shape index (κ2) is 11.1. The number of halogens is 2. The van der Waals surface area contributed by atoms with Crippen LogP contribution in [0.5, 0.6) is 5.75 Å². The van der Waals surface area contributed by atoms with Gasteiger partial charge >= 0.3 is 5.97 Å². The Morgan fingerprint density at radius 3 is 2.24 bits per heavy atom. The Labute approximate surface area is 149 Å². The summed E-state index contributed by atoms with van der Waals surface area (Å²) in [6.45, 7) is 3.94. The van der Waals surface area contributed by atoms with E-state index < -0.39 is 23.4 Å². The molecule has 1 saturated carbocycles. The van der Waals surface area contributed by atoms with Crippen molar-refractivity contribution in [3.63, 3.8) is 0 Å². The highest BCUT2D eigenvalue weighted by Gasteiger charge is 2.25. The molecule has 0 heterocycles. The molecule has 0 unspecified atom stereocenters. The largest absolute Gasteiger partial charge is 0.505 e. The van der Waals surface area contributed by atoms with Crippen LogP contribution in [-0.2, 0) is 11.2 Å². The van der Waals surface area contributed by atoms with Crippen molar-refractivity contribution in [2.45, 2.75) is 71.6 Å². The number of phenolic OH excluding ortho intramolecular Hbond substituents is 1. The molecule has 1 aliphatic rings. The summed E-state index contributed by atoms with van der Waals surface area (Å²) in [5, 5.41) is 17.5. The molecule has 5 heteroatoms. The normalized spacial score (nSPS) is 19.8. The smallest absolute Gasteiger partial charge is 0.306 e. The lowest BCUT2D eigenvalue weighted by molar-refractivity contribution is -0.143. The number of rotatable bonds is 6. The van der Waals surface area contributed by atoms with E-state index in [1.165, 1.54) is 31.7 Å². The summed E-state index contributed by atoms with van der Waals surface area (Å²) in [4.78, 5) is 10.7. The van der Waals surface area contributed by atoms with Gasteiger partial charge in [-0.05, 0) is 49.7 Å². The summed E-state index contributed by atoms with van der Waals surface area (Å²) in [6.07, 6.45) is 9.78. The number of carboxylic acid groups (broad SMARTS) is 1. The first-order valence-corrected chi connectivity index (χ1v) is 9.29. The van der Waals surface area contributed by atoms with Crippen molar-refractivity contribution < 1.29 is 23.8 Å². The SMILES string of the molecule is CCCCC[C@H]1CC[C@H](C(=O)O)CC1.CCc1ccc(O)c(F)c1F. The Hall–Kier alpha value is -1.65.